The van der Waals surface area contributed by atoms with Crippen LogP contribution in [-0.2, 0) is 17.4 Å². The van der Waals surface area contributed by atoms with E-state index >= 15 is 0 Å². The molecule has 2 aliphatic heterocycles. The van der Waals surface area contributed by atoms with Crippen LogP contribution >= 0.6 is 11.6 Å². The highest BCUT2D eigenvalue weighted by molar-refractivity contribution is 7.83. The van der Waals surface area contributed by atoms with Gasteiger partial charge in [0.05, 0.1) is 12.3 Å². The second-order valence-corrected chi connectivity index (χ2v) is 12.6. The number of amides is 1. The van der Waals surface area contributed by atoms with E-state index in [0.717, 1.165) is 55.2 Å². The highest BCUT2D eigenvalue weighted by atomic mass is 35.5. The average molecular weight is 529 g/mol. The SMILES string of the molecule is CCCc1cc(Cl)ccc1C1COc2ccc3cc2N(C1)CC1CCC1CCC(C)CS(=O)NC3=O. The van der Waals surface area contributed by atoms with Gasteiger partial charge in [-0.05, 0) is 91.3 Å². The Morgan fingerprint density at radius 1 is 1.08 bits per heavy atom. The zero-order valence-electron chi connectivity index (χ0n) is 21.3. The molecule has 5 rings (SSSR count). The fraction of sp³-hybridized carbons (Fsp3) is 0.552. The Bertz CT molecular complexity index is 1140. The van der Waals surface area contributed by atoms with Crippen LogP contribution in [0.15, 0.2) is 36.4 Å². The van der Waals surface area contributed by atoms with Crippen LogP contribution in [-0.4, -0.2) is 35.6 Å². The number of halogens is 1. The number of hydrogen-bond acceptors (Lipinski definition) is 4. The maximum absolute atomic E-state index is 13.0. The standard InChI is InChI=1S/C29H37ClN2O3S/c1-3-4-21-13-25(30)10-11-26(21)24-16-32-15-23-8-7-20(23)6-5-19(2)18-36(34)31-29(33)22-9-12-28(35-17-24)27(32)14-22/h9-14,19-20,23-24H,3-8,15-18H2,1-2H3,(H,31,33). The van der Waals surface area contributed by atoms with E-state index in [1.165, 1.54) is 24.0 Å². The smallest absolute Gasteiger partial charge is 0.263 e. The Balaban J connectivity index is 1.51. The van der Waals surface area contributed by atoms with Gasteiger partial charge in [-0.15, -0.1) is 0 Å². The lowest BCUT2D eigenvalue weighted by Crippen LogP contribution is -2.40. The molecule has 194 valence electrons. The van der Waals surface area contributed by atoms with Gasteiger partial charge in [-0.3, -0.25) is 9.52 Å². The van der Waals surface area contributed by atoms with Gasteiger partial charge in [0.1, 0.15) is 16.7 Å². The van der Waals surface area contributed by atoms with Crippen LogP contribution in [0.4, 0.5) is 5.69 Å². The minimum Gasteiger partial charge on any atom is -0.491 e. The van der Waals surface area contributed by atoms with E-state index in [0.29, 0.717) is 35.7 Å². The maximum Gasteiger partial charge on any atom is 0.263 e. The summed E-state index contributed by atoms with van der Waals surface area (Å²) in [6.45, 7) is 6.74. The summed E-state index contributed by atoms with van der Waals surface area (Å²) in [4.78, 5) is 15.4. The molecule has 1 aliphatic carbocycles. The predicted molar refractivity (Wildman–Crippen MR) is 147 cm³/mol. The van der Waals surface area contributed by atoms with Crippen molar-refractivity contribution < 1.29 is 13.7 Å². The van der Waals surface area contributed by atoms with Crippen LogP contribution < -0.4 is 14.4 Å². The quantitative estimate of drug-likeness (QED) is 0.521. The first kappa shape index (κ1) is 25.6. The number of benzene rings is 2. The molecule has 5 nitrogen and oxygen atoms in total. The van der Waals surface area contributed by atoms with E-state index in [9.17, 15) is 9.00 Å². The Hall–Kier alpha value is -2.05. The average Bonchev–Trinajstić information content (AvgIpc) is 3.00. The Morgan fingerprint density at radius 2 is 1.89 bits per heavy atom. The van der Waals surface area contributed by atoms with Crippen molar-refractivity contribution in [3.8, 4) is 5.75 Å². The van der Waals surface area contributed by atoms with Crippen molar-refractivity contribution in [2.75, 3.05) is 30.3 Å². The number of nitrogens with zero attached hydrogens (tertiary/aromatic N) is 1. The van der Waals surface area contributed by atoms with Crippen LogP contribution in [0.2, 0.25) is 5.02 Å². The highest BCUT2D eigenvalue weighted by Crippen LogP contribution is 2.43. The van der Waals surface area contributed by atoms with Crippen molar-refractivity contribution in [1.82, 2.24) is 4.72 Å². The molecular formula is C29H37ClN2O3S. The molecular weight excluding hydrogens is 492 g/mol. The number of fused-ring (bicyclic) bond motifs is 2. The van der Waals surface area contributed by atoms with Crippen LogP contribution in [0.25, 0.3) is 0 Å². The van der Waals surface area contributed by atoms with Crippen molar-refractivity contribution in [2.24, 2.45) is 17.8 Å². The van der Waals surface area contributed by atoms with Gasteiger partial charge in [0, 0.05) is 35.3 Å². The van der Waals surface area contributed by atoms with E-state index in [-0.39, 0.29) is 11.8 Å². The summed E-state index contributed by atoms with van der Waals surface area (Å²) < 4.78 is 21.7. The maximum atomic E-state index is 13.0. The lowest BCUT2D eigenvalue weighted by atomic mass is 9.70. The molecule has 3 aliphatic rings. The summed E-state index contributed by atoms with van der Waals surface area (Å²) in [6.07, 6.45) is 6.78. The fourth-order valence-corrected chi connectivity index (χ4v) is 7.33. The molecule has 5 unspecified atom stereocenters. The Morgan fingerprint density at radius 3 is 2.67 bits per heavy atom. The Labute approximate surface area is 222 Å². The number of hydrogen-bond donors (Lipinski definition) is 1. The molecule has 0 spiro atoms. The number of ether oxygens (including phenoxy) is 1. The van der Waals surface area contributed by atoms with E-state index < -0.39 is 11.0 Å². The van der Waals surface area contributed by atoms with Crippen molar-refractivity contribution in [1.29, 1.82) is 0 Å². The van der Waals surface area contributed by atoms with E-state index in [1.807, 2.05) is 18.2 Å². The van der Waals surface area contributed by atoms with E-state index in [2.05, 4.69) is 35.6 Å². The van der Waals surface area contributed by atoms with Crippen molar-refractivity contribution in [2.45, 2.75) is 58.3 Å². The lowest BCUT2D eigenvalue weighted by Gasteiger charge is -2.41. The second kappa shape index (κ2) is 11.1. The largest absolute Gasteiger partial charge is 0.491 e. The molecule has 5 atom stereocenters. The molecule has 2 heterocycles. The monoisotopic (exact) mass is 528 g/mol. The summed E-state index contributed by atoms with van der Waals surface area (Å²) in [6, 6.07) is 11.9. The number of anilines is 1. The normalized spacial score (nSPS) is 28.6. The Kier molecular flexibility index (Phi) is 7.92. The third kappa shape index (κ3) is 5.60. The second-order valence-electron chi connectivity index (χ2n) is 10.9. The predicted octanol–water partition coefficient (Wildman–Crippen LogP) is 6.12. The van der Waals surface area contributed by atoms with Gasteiger partial charge < -0.3 is 9.64 Å². The van der Waals surface area contributed by atoms with Gasteiger partial charge in [-0.25, -0.2) is 4.21 Å². The number of carbonyl (C=O) groups is 1. The van der Waals surface area contributed by atoms with Crippen LogP contribution in [0, 0.1) is 17.8 Å². The topological polar surface area (TPSA) is 58.6 Å². The highest BCUT2D eigenvalue weighted by Gasteiger charge is 2.35. The van der Waals surface area contributed by atoms with Crippen LogP contribution in [0.1, 0.15) is 73.4 Å². The summed E-state index contributed by atoms with van der Waals surface area (Å²) in [5.74, 6) is 2.91. The zero-order chi connectivity index (χ0) is 25.2. The molecule has 1 saturated carbocycles. The summed E-state index contributed by atoms with van der Waals surface area (Å²) in [5, 5.41) is 0.776. The fourth-order valence-electron chi connectivity index (χ4n) is 6.04. The van der Waals surface area contributed by atoms with Gasteiger partial charge >= 0.3 is 0 Å². The van der Waals surface area contributed by atoms with Gasteiger partial charge in [-0.2, -0.15) is 0 Å². The zero-order valence-corrected chi connectivity index (χ0v) is 22.9. The molecule has 36 heavy (non-hydrogen) atoms. The summed E-state index contributed by atoms with van der Waals surface area (Å²) >= 11 is 6.36. The van der Waals surface area contributed by atoms with E-state index in [1.54, 1.807) is 6.07 Å². The molecule has 7 heteroatoms. The molecule has 0 saturated heterocycles. The van der Waals surface area contributed by atoms with E-state index in [4.69, 9.17) is 16.3 Å². The number of aryl methyl sites for hydroxylation is 1. The molecule has 2 bridgehead atoms. The number of rotatable bonds is 3. The van der Waals surface area contributed by atoms with Crippen molar-refractivity contribution >= 4 is 34.2 Å². The van der Waals surface area contributed by atoms with Gasteiger partial charge in [0.15, 0.2) is 0 Å². The molecule has 2 aromatic rings. The lowest BCUT2D eigenvalue weighted by molar-refractivity contribution is 0.0982. The third-order valence-corrected chi connectivity index (χ3v) is 9.73. The molecule has 0 radical (unpaired) electrons. The molecule has 1 fully saturated rings. The first-order valence-electron chi connectivity index (χ1n) is 13.4. The number of carbonyl (C=O) groups excluding carboxylic acids is 1. The van der Waals surface area contributed by atoms with Crippen LogP contribution in [0.5, 0.6) is 5.75 Å². The molecule has 2 aromatic carbocycles. The van der Waals surface area contributed by atoms with Gasteiger partial charge in [-0.1, -0.05) is 37.9 Å². The first-order chi connectivity index (χ1) is 17.4. The third-order valence-electron chi connectivity index (χ3n) is 8.21. The van der Waals surface area contributed by atoms with Crippen molar-refractivity contribution in [3.05, 3.63) is 58.1 Å². The molecule has 1 amide bonds. The van der Waals surface area contributed by atoms with Crippen LogP contribution in [0.3, 0.4) is 0 Å². The number of nitrogens with one attached hydrogen (secondary N) is 1. The summed E-state index contributed by atoms with van der Waals surface area (Å²) in [5.41, 5.74) is 4.10. The van der Waals surface area contributed by atoms with Gasteiger partial charge in [0.25, 0.3) is 5.91 Å². The minimum absolute atomic E-state index is 0.207. The summed E-state index contributed by atoms with van der Waals surface area (Å²) in [7, 11) is -1.37. The minimum atomic E-state index is -1.37. The molecule has 1 N–H and O–H groups in total. The van der Waals surface area contributed by atoms with Gasteiger partial charge in [0.2, 0.25) is 0 Å². The van der Waals surface area contributed by atoms with Crippen molar-refractivity contribution in [3.63, 3.8) is 0 Å². The first-order valence-corrected chi connectivity index (χ1v) is 15.1. The molecule has 0 aromatic heterocycles.